The van der Waals surface area contributed by atoms with E-state index in [1.807, 2.05) is 6.92 Å². The van der Waals surface area contributed by atoms with Crippen LogP contribution in [-0.2, 0) is 6.18 Å². The van der Waals surface area contributed by atoms with E-state index in [0.29, 0.717) is 10.0 Å². The summed E-state index contributed by atoms with van der Waals surface area (Å²) in [6.07, 6.45) is -2.82. The Labute approximate surface area is 150 Å². The number of alkyl halides is 3. The molecule has 0 spiro atoms. The van der Waals surface area contributed by atoms with Gasteiger partial charge in [-0.25, -0.2) is 4.98 Å². The van der Waals surface area contributed by atoms with E-state index in [1.165, 1.54) is 23.9 Å². The van der Waals surface area contributed by atoms with Gasteiger partial charge in [0.2, 0.25) is 11.7 Å². The highest BCUT2D eigenvalue weighted by molar-refractivity contribution is 7.99. The summed E-state index contributed by atoms with van der Waals surface area (Å²) < 4.78 is 43.6. The molecule has 9 heteroatoms. The maximum Gasteiger partial charge on any atom is 0.416 e. The van der Waals surface area contributed by atoms with E-state index in [0.717, 1.165) is 12.1 Å². The molecule has 25 heavy (non-hydrogen) atoms. The van der Waals surface area contributed by atoms with Crippen LogP contribution < -0.4 is 0 Å². The molecular weight excluding hydrogens is 375 g/mol. The summed E-state index contributed by atoms with van der Waals surface area (Å²) in [5.74, 6) is 0.375. The van der Waals surface area contributed by atoms with Crippen molar-refractivity contribution in [1.29, 1.82) is 0 Å². The fraction of sp³-hybridized carbons (Fsp3) is 0.188. The average Bonchev–Trinajstić information content (AvgIpc) is 3.06. The molecule has 0 saturated carbocycles. The number of benzene rings is 1. The van der Waals surface area contributed by atoms with Crippen LogP contribution in [0.1, 0.15) is 23.6 Å². The van der Waals surface area contributed by atoms with E-state index in [9.17, 15) is 13.2 Å². The van der Waals surface area contributed by atoms with Gasteiger partial charge in [-0.15, -0.1) is 0 Å². The quantitative estimate of drug-likeness (QED) is 0.542. The van der Waals surface area contributed by atoms with E-state index in [2.05, 4.69) is 15.1 Å². The Balaban J connectivity index is 1.82. The molecule has 2 heterocycles. The first-order valence-electron chi connectivity index (χ1n) is 7.13. The van der Waals surface area contributed by atoms with Crippen LogP contribution in [0.5, 0.6) is 0 Å². The van der Waals surface area contributed by atoms with Crippen molar-refractivity contribution in [3.05, 3.63) is 59.1 Å². The Bertz CT molecular complexity index is 885. The standard InChI is InChI=1S/C16H11ClF3N3OS/c1-9(25-15-12(17)6-3-7-21-15)14-22-13(23-24-14)10-4-2-5-11(8-10)16(18,19)20/h2-9H,1H3. The van der Waals surface area contributed by atoms with Crippen LogP contribution in [0.2, 0.25) is 5.02 Å². The van der Waals surface area contributed by atoms with Crippen LogP contribution in [0.25, 0.3) is 11.4 Å². The molecule has 1 atom stereocenters. The minimum absolute atomic E-state index is 0.0978. The minimum atomic E-state index is -4.43. The zero-order valence-electron chi connectivity index (χ0n) is 12.8. The molecule has 0 bridgehead atoms. The van der Waals surface area contributed by atoms with Gasteiger partial charge < -0.3 is 4.52 Å². The Morgan fingerprint density at radius 1 is 1.20 bits per heavy atom. The van der Waals surface area contributed by atoms with E-state index in [4.69, 9.17) is 16.1 Å². The summed E-state index contributed by atoms with van der Waals surface area (Å²) in [4.78, 5) is 8.36. The number of aromatic nitrogens is 3. The zero-order chi connectivity index (χ0) is 18.0. The van der Waals surface area contributed by atoms with Crippen LogP contribution >= 0.6 is 23.4 Å². The zero-order valence-corrected chi connectivity index (χ0v) is 14.4. The number of rotatable bonds is 4. The van der Waals surface area contributed by atoms with Crippen LogP contribution in [0.4, 0.5) is 13.2 Å². The van der Waals surface area contributed by atoms with Crippen molar-refractivity contribution in [3.8, 4) is 11.4 Å². The lowest BCUT2D eigenvalue weighted by molar-refractivity contribution is -0.137. The molecule has 2 aromatic heterocycles. The summed E-state index contributed by atoms with van der Waals surface area (Å²) in [5, 5.41) is 4.61. The number of halogens is 4. The third-order valence-electron chi connectivity index (χ3n) is 3.25. The van der Waals surface area contributed by atoms with Crippen LogP contribution in [0, 0.1) is 0 Å². The first kappa shape index (κ1) is 17.8. The van der Waals surface area contributed by atoms with Gasteiger partial charge in [-0.3, -0.25) is 0 Å². The maximum absolute atomic E-state index is 12.8. The lowest BCUT2D eigenvalue weighted by Gasteiger charge is -2.07. The highest BCUT2D eigenvalue weighted by Gasteiger charge is 2.31. The first-order chi connectivity index (χ1) is 11.8. The van der Waals surface area contributed by atoms with Gasteiger partial charge in [-0.2, -0.15) is 18.2 Å². The molecule has 1 unspecified atom stereocenters. The van der Waals surface area contributed by atoms with E-state index < -0.39 is 11.7 Å². The molecule has 0 amide bonds. The Hall–Kier alpha value is -2.06. The third kappa shape index (κ3) is 4.13. The monoisotopic (exact) mass is 385 g/mol. The topological polar surface area (TPSA) is 51.8 Å². The number of nitrogens with zero attached hydrogens (tertiary/aromatic N) is 3. The fourth-order valence-electron chi connectivity index (χ4n) is 2.03. The fourth-order valence-corrected chi connectivity index (χ4v) is 3.12. The van der Waals surface area contributed by atoms with Crippen LogP contribution in [0.15, 0.2) is 52.1 Å². The SMILES string of the molecule is CC(Sc1ncccc1Cl)c1nc(-c2cccc(C(F)(F)F)c2)no1. The number of thioether (sulfide) groups is 1. The van der Waals surface area contributed by atoms with Crippen molar-refractivity contribution in [2.45, 2.75) is 23.4 Å². The molecule has 0 N–H and O–H groups in total. The van der Waals surface area contributed by atoms with Gasteiger partial charge >= 0.3 is 6.18 Å². The van der Waals surface area contributed by atoms with Gasteiger partial charge in [0.15, 0.2) is 0 Å². The summed E-state index contributed by atoms with van der Waals surface area (Å²) in [7, 11) is 0. The Kier molecular flexibility index (Phi) is 5.01. The predicted octanol–water partition coefficient (Wildman–Crippen LogP) is 5.66. The molecule has 0 aliphatic rings. The van der Waals surface area contributed by atoms with Gasteiger partial charge in [-0.1, -0.05) is 40.7 Å². The Morgan fingerprint density at radius 2 is 2.00 bits per heavy atom. The van der Waals surface area contributed by atoms with Crippen molar-refractivity contribution in [2.24, 2.45) is 0 Å². The second-order valence-corrected chi connectivity index (χ2v) is 6.82. The first-order valence-corrected chi connectivity index (χ1v) is 8.39. The predicted molar refractivity (Wildman–Crippen MR) is 88.3 cm³/mol. The number of hydrogen-bond acceptors (Lipinski definition) is 5. The second kappa shape index (κ2) is 7.05. The molecule has 3 aromatic rings. The molecule has 130 valence electrons. The highest BCUT2D eigenvalue weighted by atomic mass is 35.5. The van der Waals surface area contributed by atoms with Crippen LogP contribution in [0.3, 0.4) is 0 Å². The number of hydrogen-bond donors (Lipinski definition) is 0. The molecule has 0 aliphatic heterocycles. The van der Waals surface area contributed by atoms with Crippen LogP contribution in [-0.4, -0.2) is 15.1 Å². The third-order valence-corrected chi connectivity index (χ3v) is 4.77. The van der Waals surface area contributed by atoms with Gasteiger partial charge in [-0.05, 0) is 31.2 Å². The van der Waals surface area contributed by atoms with E-state index in [-0.39, 0.29) is 22.5 Å². The molecular formula is C16H11ClF3N3OS. The highest BCUT2D eigenvalue weighted by Crippen LogP contribution is 2.37. The number of pyridine rings is 1. The average molecular weight is 386 g/mol. The van der Waals surface area contributed by atoms with Crippen molar-refractivity contribution in [1.82, 2.24) is 15.1 Å². The molecule has 3 rings (SSSR count). The second-order valence-electron chi connectivity index (χ2n) is 5.09. The maximum atomic E-state index is 12.8. The largest absolute Gasteiger partial charge is 0.416 e. The van der Waals surface area contributed by atoms with E-state index in [1.54, 1.807) is 18.3 Å². The molecule has 0 aliphatic carbocycles. The van der Waals surface area contributed by atoms with Gasteiger partial charge in [0, 0.05) is 11.8 Å². The summed E-state index contributed by atoms with van der Waals surface area (Å²) in [6.45, 7) is 1.82. The minimum Gasteiger partial charge on any atom is -0.338 e. The van der Waals surface area contributed by atoms with Crippen molar-refractivity contribution in [2.75, 3.05) is 0 Å². The molecule has 4 nitrogen and oxygen atoms in total. The lowest BCUT2D eigenvalue weighted by atomic mass is 10.1. The van der Waals surface area contributed by atoms with E-state index >= 15 is 0 Å². The van der Waals surface area contributed by atoms with Gasteiger partial charge in [0.25, 0.3) is 0 Å². The molecule has 1 aromatic carbocycles. The lowest BCUT2D eigenvalue weighted by Crippen LogP contribution is -2.04. The normalized spacial score (nSPS) is 13.0. The van der Waals surface area contributed by atoms with Crippen molar-refractivity contribution < 1.29 is 17.7 Å². The van der Waals surface area contributed by atoms with Gasteiger partial charge in [0.1, 0.15) is 5.03 Å². The van der Waals surface area contributed by atoms with Crippen molar-refractivity contribution in [3.63, 3.8) is 0 Å². The molecule has 0 fully saturated rings. The molecule has 0 radical (unpaired) electrons. The summed E-state index contributed by atoms with van der Waals surface area (Å²) >= 11 is 7.38. The smallest absolute Gasteiger partial charge is 0.338 e. The summed E-state index contributed by atoms with van der Waals surface area (Å²) in [6, 6.07) is 8.21. The molecule has 0 saturated heterocycles. The summed E-state index contributed by atoms with van der Waals surface area (Å²) in [5.41, 5.74) is -0.531. The Morgan fingerprint density at radius 3 is 2.72 bits per heavy atom. The van der Waals surface area contributed by atoms with Crippen molar-refractivity contribution >= 4 is 23.4 Å². The van der Waals surface area contributed by atoms with Gasteiger partial charge in [0.05, 0.1) is 15.8 Å².